The molecule has 0 aliphatic carbocycles. The summed E-state index contributed by atoms with van der Waals surface area (Å²) in [6, 6.07) is -0.449. The summed E-state index contributed by atoms with van der Waals surface area (Å²) in [4.78, 5) is 29.1. The van der Waals surface area contributed by atoms with Crippen molar-refractivity contribution >= 4 is 11.8 Å². The molecule has 20 heavy (non-hydrogen) atoms. The molecule has 2 fully saturated rings. The van der Waals surface area contributed by atoms with Crippen LogP contribution in [-0.2, 0) is 9.59 Å². The molecule has 2 amide bonds. The standard InChI is InChI=1S/C16H28N2O2/c1-10(2)12(5)9-18-14(11(3)4)16(20)17-8-6-7-13(17)15(18)19/h10-14H,6-9H2,1-5H3. The summed E-state index contributed by atoms with van der Waals surface area (Å²) in [5, 5.41) is 0. The number of amides is 2. The van der Waals surface area contributed by atoms with Crippen LogP contribution in [0.5, 0.6) is 0 Å². The Labute approximate surface area is 122 Å². The van der Waals surface area contributed by atoms with Gasteiger partial charge in [-0.1, -0.05) is 34.6 Å². The average molecular weight is 280 g/mol. The number of hydrogen-bond acceptors (Lipinski definition) is 2. The Morgan fingerprint density at radius 2 is 1.75 bits per heavy atom. The lowest BCUT2D eigenvalue weighted by atomic mass is 9.91. The third-order valence-electron chi connectivity index (χ3n) is 4.95. The molecule has 2 aliphatic heterocycles. The van der Waals surface area contributed by atoms with Crippen molar-refractivity contribution in [3.63, 3.8) is 0 Å². The predicted octanol–water partition coefficient (Wildman–Crippen LogP) is 2.14. The van der Waals surface area contributed by atoms with E-state index in [-0.39, 0.29) is 29.8 Å². The predicted molar refractivity (Wildman–Crippen MR) is 79.1 cm³/mol. The van der Waals surface area contributed by atoms with Crippen LogP contribution in [0.1, 0.15) is 47.5 Å². The Hall–Kier alpha value is -1.06. The van der Waals surface area contributed by atoms with Crippen molar-refractivity contribution in [1.82, 2.24) is 9.80 Å². The molecule has 114 valence electrons. The molecule has 0 aromatic carbocycles. The summed E-state index contributed by atoms with van der Waals surface area (Å²) in [5.74, 6) is 1.45. The number of carbonyl (C=O) groups is 2. The number of hydrogen-bond donors (Lipinski definition) is 0. The normalized spacial score (nSPS) is 28.6. The molecule has 0 saturated carbocycles. The highest BCUT2D eigenvalue weighted by molar-refractivity contribution is 5.97. The van der Waals surface area contributed by atoms with Crippen molar-refractivity contribution in [2.45, 2.75) is 59.5 Å². The van der Waals surface area contributed by atoms with Gasteiger partial charge in [-0.05, 0) is 30.6 Å². The monoisotopic (exact) mass is 280 g/mol. The van der Waals surface area contributed by atoms with Gasteiger partial charge in [-0.15, -0.1) is 0 Å². The van der Waals surface area contributed by atoms with Crippen LogP contribution in [0, 0.1) is 17.8 Å². The molecule has 2 rings (SSSR count). The highest BCUT2D eigenvalue weighted by Gasteiger charge is 2.48. The number of carbonyl (C=O) groups excluding carboxylic acids is 2. The summed E-state index contributed by atoms with van der Waals surface area (Å²) in [7, 11) is 0. The van der Waals surface area contributed by atoms with Gasteiger partial charge in [0.1, 0.15) is 12.1 Å². The van der Waals surface area contributed by atoms with Gasteiger partial charge in [-0.2, -0.15) is 0 Å². The van der Waals surface area contributed by atoms with E-state index in [9.17, 15) is 9.59 Å². The van der Waals surface area contributed by atoms with Crippen LogP contribution in [0.15, 0.2) is 0 Å². The molecule has 0 aromatic heterocycles. The molecule has 3 atom stereocenters. The van der Waals surface area contributed by atoms with E-state index in [4.69, 9.17) is 0 Å². The smallest absolute Gasteiger partial charge is 0.246 e. The second-order valence-corrected chi connectivity index (χ2v) is 7.09. The Morgan fingerprint density at radius 3 is 2.30 bits per heavy atom. The zero-order valence-electron chi connectivity index (χ0n) is 13.4. The third-order valence-corrected chi connectivity index (χ3v) is 4.95. The molecule has 0 N–H and O–H groups in total. The van der Waals surface area contributed by atoms with Crippen molar-refractivity contribution in [2.75, 3.05) is 13.1 Å². The molecule has 0 bridgehead atoms. The molecule has 0 aromatic rings. The maximum Gasteiger partial charge on any atom is 0.246 e. The van der Waals surface area contributed by atoms with Crippen LogP contribution in [0.4, 0.5) is 0 Å². The highest BCUT2D eigenvalue weighted by Crippen LogP contribution is 2.31. The first-order valence-electron chi connectivity index (χ1n) is 7.95. The highest BCUT2D eigenvalue weighted by atomic mass is 16.2. The van der Waals surface area contributed by atoms with Crippen LogP contribution in [0.2, 0.25) is 0 Å². The van der Waals surface area contributed by atoms with Gasteiger partial charge in [0, 0.05) is 13.1 Å². The van der Waals surface area contributed by atoms with E-state index in [1.54, 1.807) is 0 Å². The second-order valence-electron chi connectivity index (χ2n) is 7.09. The van der Waals surface area contributed by atoms with Crippen LogP contribution < -0.4 is 0 Å². The lowest BCUT2D eigenvalue weighted by molar-refractivity contribution is -0.162. The Morgan fingerprint density at radius 1 is 1.10 bits per heavy atom. The molecule has 0 spiro atoms. The fourth-order valence-electron chi connectivity index (χ4n) is 3.29. The molecule has 2 heterocycles. The first-order chi connectivity index (χ1) is 9.34. The summed E-state index contributed by atoms with van der Waals surface area (Å²) in [5.41, 5.74) is 0. The number of fused-ring (bicyclic) bond motifs is 1. The van der Waals surface area contributed by atoms with E-state index in [0.717, 1.165) is 19.4 Å². The number of piperazine rings is 1. The zero-order chi connectivity index (χ0) is 15.0. The van der Waals surface area contributed by atoms with E-state index >= 15 is 0 Å². The number of nitrogens with zero attached hydrogens (tertiary/aromatic N) is 2. The Balaban J connectivity index is 2.25. The Bertz CT molecular complexity index is 392. The first-order valence-corrected chi connectivity index (χ1v) is 7.95. The van der Waals surface area contributed by atoms with Gasteiger partial charge < -0.3 is 9.80 Å². The molecule has 2 saturated heterocycles. The van der Waals surface area contributed by atoms with E-state index in [1.807, 2.05) is 23.6 Å². The summed E-state index contributed by atoms with van der Waals surface area (Å²) in [6.07, 6.45) is 1.79. The molecule has 4 nitrogen and oxygen atoms in total. The fraction of sp³-hybridized carbons (Fsp3) is 0.875. The van der Waals surface area contributed by atoms with Crippen LogP contribution >= 0.6 is 0 Å². The average Bonchev–Trinajstić information content (AvgIpc) is 2.84. The minimum atomic E-state index is -0.266. The fourth-order valence-corrected chi connectivity index (χ4v) is 3.29. The van der Waals surface area contributed by atoms with E-state index in [2.05, 4.69) is 20.8 Å². The maximum absolute atomic E-state index is 12.8. The van der Waals surface area contributed by atoms with Crippen molar-refractivity contribution in [3.05, 3.63) is 0 Å². The van der Waals surface area contributed by atoms with Crippen LogP contribution in [0.25, 0.3) is 0 Å². The van der Waals surface area contributed by atoms with Crippen LogP contribution in [-0.4, -0.2) is 46.8 Å². The molecule has 0 radical (unpaired) electrons. The van der Waals surface area contributed by atoms with Gasteiger partial charge in [0.2, 0.25) is 11.8 Å². The van der Waals surface area contributed by atoms with Gasteiger partial charge in [0.25, 0.3) is 0 Å². The van der Waals surface area contributed by atoms with Crippen molar-refractivity contribution in [1.29, 1.82) is 0 Å². The Kier molecular flexibility index (Phi) is 4.40. The topological polar surface area (TPSA) is 40.6 Å². The lowest BCUT2D eigenvalue weighted by Gasteiger charge is -2.45. The second kappa shape index (κ2) is 5.74. The SMILES string of the molecule is CC(C)C(C)CN1C(=O)C2CCCN2C(=O)C1C(C)C. The molecule has 2 aliphatic rings. The quantitative estimate of drug-likeness (QED) is 0.791. The van der Waals surface area contributed by atoms with Crippen molar-refractivity contribution < 1.29 is 9.59 Å². The van der Waals surface area contributed by atoms with Gasteiger partial charge in [-0.25, -0.2) is 0 Å². The minimum absolute atomic E-state index is 0.165. The van der Waals surface area contributed by atoms with E-state index in [0.29, 0.717) is 18.4 Å². The molecular weight excluding hydrogens is 252 g/mol. The van der Waals surface area contributed by atoms with E-state index in [1.165, 1.54) is 0 Å². The van der Waals surface area contributed by atoms with Crippen LogP contribution in [0.3, 0.4) is 0 Å². The largest absolute Gasteiger partial charge is 0.329 e. The minimum Gasteiger partial charge on any atom is -0.329 e. The van der Waals surface area contributed by atoms with Gasteiger partial charge in [0.15, 0.2) is 0 Å². The van der Waals surface area contributed by atoms with Gasteiger partial charge >= 0.3 is 0 Å². The lowest BCUT2D eigenvalue weighted by Crippen LogP contribution is -2.65. The third kappa shape index (κ3) is 2.57. The van der Waals surface area contributed by atoms with Crippen molar-refractivity contribution in [2.24, 2.45) is 17.8 Å². The van der Waals surface area contributed by atoms with Gasteiger partial charge in [0.05, 0.1) is 0 Å². The zero-order valence-corrected chi connectivity index (χ0v) is 13.4. The molecule has 4 heteroatoms. The maximum atomic E-state index is 12.8. The summed E-state index contributed by atoms with van der Waals surface area (Å²) in [6.45, 7) is 12.1. The van der Waals surface area contributed by atoms with Gasteiger partial charge in [-0.3, -0.25) is 9.59 Å². The van der Waals surface area contributed by atoms with Crippen molar-refractivity contribution in [3.8, 4) is 0 Å². The summed E-state index contributed by atoms with van der Waals surface area (Å²) < 4.78 is 0. The molecular formula is C16H28N2O2. The summed E-state index contributed by atoms with van der Waals surface area (Å²) >= 11 is 0. The van der Waals surface area contributed by atoms with E-state index < -0.39 is 0 Å². The number of rotatable bonds is 4. The first kappa shape index (κ1) is 15.3. The molecule has 3 unspecified atom stereocenters.